The summed E-state index contributed by atoms with van der Waals surface area (Å²) in [6.07, 6.45) is 1.59. The molecule has 3 aromatic rings. The van der Waals surface area contributed by atoms with Crippen LogP contribution >= 0.6 is 11.8 Å². The lowest BCUT2D eigenvalue weighted by molar-refractivity contribution is -0.107. The van der Waals surface area contributed by atoms with E-state index in [0.29, 0.717) is 29.1 Å². The van der Waals surface area contributed by atoms with Crippen LogP contribution in [0.4, 0.5) is 0 Å². The van der Waals surface area contributed by atoms with Crippen molar-refractivity contribution in [3.8, 4) is 5.75 Å². The Kier molecular flexibility index (Phi) is 5.01. The molecule has 1 N–H and O–H groups in total. The highest BCUT2D eigenvalue weighted by Gasteiger charge is 2.20. The Morgan fingerprint density at radius 1 is 1.12 bits per heavy atom. The molecular formula is C19H17NO3S. The minimum atomic E-state index is -0.478. The number of aromatic amines is 1. The number of nitrogens with one attached hydrogen (secondary N) is 1. The van der Waals surface area contributed by atoms with Gasteiger partial charge in [0, 0.05) is 17.1 Å². The second kappa shape index (κ2) is 7.36. The number of ketones is 1. The third-order valence-electron chi connectivity index (χ3n) is 3.61. The van der Waals surface area contributed by atoms with Gasteiger partial charge in [0.1, 0.15) is 12.4 Å². The fourth-order valence-corrected chi connectivity index (χ4v) is 2.93. The summed E-state index contributed by atoms with van der Waals surface area (Å²) in [4.78, 5) is 27.1. The summed E-state index contributed by atoms with van der Waals surface area (Å²) in [5.74, 6) is 0.766. The van der Waals surface area contributed by atoms with E-state index in [9.17, 15) is 9.59 Å². The SMILES string of the molecule is CCSC(=O)C(=O)c1c[nH]c2ccc(OCc3ccccc3)cc12. The first-order valence-electron chi connectivity index (χ1n) is 7.68. The highest BCUT2D eigenvalue weighted by atomic mass is 32.2. The van der Waals surface area contributed by atoms with Crippen LogP contribution in [-0.4, -0.2) is 21.6 Å². The number of carbonyl (C=O) groups excluding carboxylic acids is 2. The van der Waals surface area contributed by atoms with Crippen molar-refractivity contribution >= 4 is 33.6 Å². The number of hydrogen-bond acceptors (Lipinski definition) is 4. The van der Waals surface area contributed by atoms with E-state index in [1.165, 1.54) is 0 Å². The molecule has 24 heavy (non-hydrogen) atoms. The van der Waals surface area contributed by atoms with E-state index in [1.807, 2.05) is 49.4 Å². The van der Waals surface area contributed by atoms with Crippen LogP contribution < -0.4 is 4.74 Å². The van der Waals surface area contributed by atoms with Crippen LogP contribution in [-0.2, 0) is 11.4 Å². The molecule has 0 aliphatic heterocycles. The van der Waals surface area contributed by atoms with E-state index in [0.717, 1.165) is 22.8 Å². The van der Waals surface area contributed by atoms with Crippen molar-refractivity contribution < 1.29 is 14.3 Å². The summed E-state index contributed by atoms with van der Waals surface area (Å²) in [6.45, 7) is 2.30. The van der Waals surface area contributed by atoms with E-state index in [2.05, 4.69) is 4.98 Å². The van der Waals surface area contributed by atoms with Crippen LogP contribution in [0.3, 0.4) is 0 Å². The Balaban J connectivity index is 1.83. The fourth-order valence-electron chi connectivity index (χ4n) is 2.42. The first-order valence-corrected chi connectivity index (χ1v) is 8.67. The van der Waals surface area contributed by atoms with Gasteiger partial charge in [0.25, 0.3) is 5.12 Å². The summed E-state index contributed by atoms with van der Waals surface area (Å²) in [5.41, 5.74) is 2.26. The van der Waals surface area contributed by atoms with Gasteiger partial charge in [-0.25, -0.2) is 0 Å². The zero-order chi connectivity index (χ0) is 16.9. The Morgan fingerprint density at radius 2 is 1.92 bits per heavy atom. The highest BCUT2D eigenvalue weighted by molar-refractivity contribution is 8.15. The molecule has 0 aliphatic rings. The van der Waals surface area contributed by atoms with Crippen molar-refractivity contribution in [1.29, 1.82) is 0 Å². The molecule has 0 spiro atoms. The number of fused-ring (bicyclic) bond motifs is 1. The van der Waals surface area contributed by atoms with Crippen LogP contribution in [0.5, 0.6) is 5.75 Å². The summed E-state index contributed by atoms with van der Waals surface area (Å²) in [5, 5.41) is 0.268. The van der Waals surface area contributed by atoms with Gasteiger partial charge in [-0.2, -0.15) is 0 Å². The molecule has 0 saturated heterocycles. The Hall–Kier alpha value is -2.53. The molecule has 0 fully saturated rings. The number of Topliss-reactive ketones (excluding diaryl/α,β-unsaturated/α-hetero) is 1. The van der Waals surface area contributed by atoms with E-state index < -0.39 is 10.9 Å². The second-order valence-corrected chi connectivity index (χ2v) is 6.47. The number of carbonyl (C=O) groups is 2. The van der Waals surface area contributed by atoms with Gasteiger partial charge in [0.2, 0.25) is 5.78 Å². The Morgan fingerprint density at radius 3 is 2.67 bits per heavy atom. The Labute approximate surface area is 144 Å². The highest BCUT2D eigenvalue weighted by Crippen LogP contribution is 2.25. The number of ether oxygens (including phenoxy) is 1. The topological polar surface area (TPSA) is 59.2 Å². The van der Waals surface area contributed by atoms with Crippen molar-refractivity contribution in [2.75, 3.05) is 5.75 Å². The zero-order valence-corrected chi connectivity index (χ0v) is 14.1. The number of thioether (sulfide) groups is 1. The third-order valence-corrected chi connectivity index (χ3v) is 4.34. The molecule has 0 aliphatic carbocycles. The minimum absolute atomic E-state index is 0.390. The quantitative estimate of drug-likeness (QED) is 0.540. The van der Waals surface area contributed by atoms with Crippen molar-refractivity contribution in [3.63, 3.8) is 0 Å². The van der Waals surface area contributed by atoms with Crippen molar-refractivity contribution in [1.82, 2.24) is 4.98 Å². The molecule has 1 heterocycles. The summed E-state index contributed by atoms with van der Waals surface area (Å²) in [6, 6.07) is 15.4. The van der Waals surface area contributed by atoms with Crippen LogP contribution in [0.15, 0.2) is 54.7 Å². The lowest BCUT2D eigenvalue weighted by Gasteiger charge is -2.07. The maximum absolute atomic E-state index is 12.3. The molecule has 5 heteroatoms. The minimum Gasteiger partial charge on any atom is -0.489 e. The van der Waals surface area contributed by atoms with Gasteiger partial charge in [-0.3, -0.25) is 9.59 Å². The number of H-pyrrole nitrogens is 1. The van der Waals surface area contributed by atoms with Crippen LogP contribution in [0.1, 0.15) is 22.8 Å². The largest absolute Gasteiger partial charge is 0.489 e. The van der Waals surface area contributed by atoms with Crippen LogP contribution in [0, 0.1) is 0 Å². The van der Waals surface area contributed by atoms with Gasteiger partial charge < -0.3 is 9.72 Å². The standard InChI is InChI=1S/C19H17NO3S/c1-2-24-19(22)18(21)16-11-20-17-9-8-14(10-15(16)17)23-12-13-6-4-3-5-7-13/h3-11,20H,2,12H2,1H3. The van der Waals surface area contributed by atoms with E-state index in [-0.39, 0.29) is 0 Å². The lowest BCUT2D eigenvalue weighted by atomic mass is 10.1. The second-order valence-electron chi connectivity index (χ2n) is 5.23. The van der Waals surface area contributed by atoms with Crippen LogP contribution in [0.2, 0.25) is 0 Å². The van der Waals surface area contributed by atoms with Crippen molar-refractivity contribution in [3.05, 3.63) is 65.9 Å². The average molecular weight is 339 g/mol. The van der Waals surface area contributed by atoms with Crippen molar-refractivity contribution in [2.45, 2.75) is 13.5 Å². The number of hydrogen-bond donors (Lipinski definition) is 1. The molecule has 0 bridgehead atoms. The molecule has 0 saturated carbocycles. The van der Waals surface area contributed by atoms with E-state index in [4.69, 9.17) is 4.74 Å². The molecule has 122 valence electrons. The summed E-state index contributed by atoms with van der Waals surface area (Å²) in [7, 11) is 0. The van der Waals surface area contributed by atoms with Gasteiger partial charge in [0.05, 0.1) is 5.56 Å². The van der Waals surface area contributed by atoms with E-state index >= 15 is 0 Å². The monoisotopic (exact) mass is 339 g/mol. The van der Waals surface area contributed by atoms with Gasteiger partial charge in [-0.15, -0.1) is 0 Å². The molecule has 0 atom stereocenters. The molecule has 0 radical (unpaired) electrons. The maximum atomic E-state index is 12.3. The molecule has 4 nitrogen and oxygen atoms in total. The van der Waals surface area contributed by atoms with E-state index in [1.54, 1.807) is 12.3 Å². The fraction of sp³-hybridized carbons (Fsp3) is 0.158. The van der Waals surface area contributed by atoms with Gasteiger partial charge in [-0.1, -0.05) is 49.0 Å². The molecule has 0 amide bonds. The molecule has 0 unspecified atom stereocenters. The van der Waals surface area contributed by atoms with Crippen LogP contribution in [0.25, 0.3) is 10.9 Å². The third kappa shape index (κ3) is 3.51. The van der Waals surface area contributed by atoms with Crippen molar-refractivity contribution in [2.24, 2.45) is 0 Å². The average Bonchev–Trinajstić information content (AvgIpc) is 3.03. The maximum Gasteiger partial charge on any atom is 0.260 e. The van der Waals surface area contributed by atoms with Gasteiger partial charge in [0.15, 0.2) is 0 Å². The van der Waals surface area contributed by atoms with Gasteiger partial charge >= 0.3 is 0 Å². The smallest absolute Gasteiger partial charge is 0.260 e. The summed E-state index contributed by atoms with van der Waals surface area (Å²) >= 11 is 1.02. The summed E-state index contributed by atoms with van der Waals surface area (Å²) < 4.78 is 5.80. The number of aromatic nitrogens is 1. The molecule has 1 aromatic heterocycles. The predicted octanol–water partition coefficient (Wildman–Crippen LogP) is 4.21. The Bertz CT molecular complexity index is 871. The number of rotatable bonds is 6. The first-order chi connectivity index (χ1) is 11.7. The number of benzene rings is 2. The molecule has 3 rings (SSSR count). The zero-order valence-electron chi connectivity index (χ0n) is 13.2. The molecular weight excluding hydrogens is 322 g/mol. The predicted molar refractivity (Wildman–Crippen MR) is 96.5 cm³/mol. The van der Waals surface area contributed by atoms with Gasteiger partial charge in [-0.05, 0) is 29.5 Å². The molecule has 2 aromatic carbocycles. The lowest BCUT2D eigenvalue weighted by Crippen LogP contribution is -2.09. The first kappa shape index (κ1) is 16.3. The normalized spacial score (nSPS) is 10.7.